The van der Waals surface area contributed by atoms with Crippen molar-refractivity contribution in [3.8, 4) is 0 Å². The lowest BCUT2D eigenvalue weighted by Crippen LogP contribution is -2.14. The number of aryl methyl sites for hydroxylation is 1. The van der Waals surface area contributed by atoms with E-state index < -0.39 is 0 Å². The molecule has 0 aliphatic heterocycles. The minimum atomic E-state index is 0.0220. The van der Waals surface area contributed by atoms with Gasteiger partial charge in [-0.15, -0.1) is 0 Å². The molecule has 0 aromatic heterocycles. The highest BCUT2D eigenvalue weighted by molar-refractivity contribution is 5.36. The number of nitrogens with zero attached hydrogens (tertiary/aromatic N) is 1. The predicted molar refractivity (Wildman–Crippen MR) is 73.3 cm³/mol. The van der Waals surface area contributed by atoms with Crippen LogP contribution in [0.15, 0.2) is 29.3 Å². The van der Waals surface area contributed by atoms with E-state index in [4.69, 9.17) is 0 Å². The van der Waals surface area contributed by atoms with Crippen molar-refractivity contribution in [1.29, 1.82) is 0 Å². The summed E-state index contributed by atoms with van der Waals surface area (Å²) >= 11 is 0. The normalized spacial score (nSPS) is 18.1. The van der Waals surface area contributed by atoms with Crippen LogP contribution in [0.5, 0.6) is 0 Å². The Morgan fingerprint density at radius 2 is 1.89 bits per heavy atom. The molecule has 0 amide bonds. The summed E-state index contributed by atoms with van der Waals surface area (Å²) in [4.78, 5) is 14.7. The molecular formula is C16H21NO. The zero-order valence-corrected chi connectivity index (χ0v) is 11.1. The minimum Gasteiger partial charge on any atom is -0.211 e. The molecule has 1 aromatic rings. The predicted octanol–water partition coefficient (Wildman–Crippen LogP) is 4.21. The van der Waals surface area contributed by atoms with E-state index in [1.54, 1.807) is 6.08 Å². The van der Waals surface area contributed by atoms with Gasteiger partial charge in [0.05, 0.1) is 6.04 Å². The Bertz CT molecular complexity index is 411. The number of hydrogen-bond donors (Lipinski definition) is 0. The molecule has 2 heteroatoms. The molecule has 1 aliphatic carbocycles. The molecule has 1 unspecified atom stereocenters. The second kappa shape index (κ2) is 6.51. The summed E-state index contributed by atoms with van der Waals surface area (Å²) in [6.45, 7) is 2.15. The average Bonchev–Trinajstić information content (AvgIpc) is 2.46. The molecule has 1 saturated carbocycles. The molecule has 0 heterocycles. The van der Waals surface area contributed by atoms with Crippen LogP contribution in [0.3, 0.4) is 0 Å². The van der Waals surface area contributed by atoms with Crippen LogP contribution in [-0.4, -0.2) is 6.08 Å². The van der Waals surface area contributed by atoms with Gasteiger partial charge in [-0.2, -0.15) is 4.99 Å². The summed E-state index contributed by atoms with van der Waals surface area (Å²) in [5.41, 5.74) is 2.50. The average molecular weight is 243 g/mol. The maximum Gasteiger partial charge on any atom is 0.235 e. The van der Waals surface area contributed by atoms with Crippen molar-refractivity contribution in [2.45, 2.75) is 51.5 Å². The minimum absolute atomic E-state index is 0.0220. The maximum atomic E-state index is 10.7. The van der Waals surface area contributed by atoms with Crippen molar-refractivity contribution in [2.75, 3.05) is 0 Å². The Labute approximate surface area is 109 Å². The Balaban J connectivity index is 2.19. The van der Waals surface area contributed by atoms with Crippen molar-refractivity contribution in [3.63, 3.8) is 0 Å². The fourth-order valence-corrected chi connectivity index (χ4v) is 2.91. The fourth-order valence-electron chi connectivity index (χ4n) is 2.91. The Morgan fingerprint density at radius 3 is 2.44 bits per heavy atom. The lowest BCUT2D eigenvalue weighted by molar-refractivity contribution is 0.309. The summed E-state index contributed by atoms with van der Waals surface area (Å²) in [5.74, 6) is 0.521. The van der Waals surface area contributed by atoms with E-state index in [1.165, 1.54) is 43.2 Å². The monoisotopic (exact) mass is 243 g/mol. The third-order valence-corrected chi connectivity index (χ3v) is 4.02. The molecule has 2 rings (SSSR count). The summed E-state index contributed by atoms with van der Waals surface area (Å²) < 4.78 is 0. The molecule has 2 nitrogen and oxygen atoms in total. The van der Waals surface area contributed by atoms with Crippen LogP contribution in [-0.2, 0) is 11.2 Å². The van der Waals surface area contributed by atoms with Crippen molar-refractivity contribution in [3.05, 3.63) is 35.4 Å². The van der Waals surface area contributed by atoms with Gasteiger partial charge in [0.1, 0.15) is 0 Å². The van der Waals surface area contributed by atoms with Gasteiger partial charge in [0.15, 0.2) is 0 Å². The molecule has 0 radical (unpaired) electrons. The fraction of sp³-hybridized carbons (Fsp3) is 0.562. The van der Waals surface area contributed by atoms with Gasteiger partial charge in [-0.25, -0.2) is 4.79 Å². The molecule has 18 heavy (non-hydrogen) atoms. The van der Waals surface area contributed by atoms with Crippen LogP contribution < -0.4 is 0 Å². The van der Waals surface area contributed by atoms with E-state index in [0.717, 1.165) is 6.42 Å². The first-order valence-electron chi connectivity index (χ1n) is 7.01. The number of aliphatic imine (C=N–C) groups is 1. The lowest BCUT2D eigenvalue weighted by atomic mass is 9.81. The highest BCUT2D eigenvalue weighted by Gasteiger charge is 2.24. The van der Waals surface area contributed by atoms with Crippen molar-refractivity contribution in [1.82, 2.24) is 0 Å². The quantitative estimate of drug-likeness (QED) is 0.575. The lowest BCUT2D eigenvalue weighted by Gasteiger charge is -2.27. The molecular weight excluding hydrogens is 222 g/mol. The molecule has 0 N–H and O–H groups in total. The smallest absolute Gasteiger partial charge is 0.211 e. The van der Waals surface area contributed by atoms with Crippen LogP contribution in [0.25, 0.3) is 0 Å². The van der Waals surface area contributed by atoms with E-state index in [9.17, 15) is 4.79 Å². The molecule has 0 saturated heterocycles. The van der Waals surface area contributed by atoms with E-state index in [0.29, 0.717) is 5.92 Å². The molecule has 96 valence electrons. The summed E-state index contributed by atoms with van der Waals surface area (Å²) in [6.07, 6.45) is 9.04. The van der Waals surface area contributed by atoms with E-state index in [1.807, 2.05) is 0 Å². The molecule has 1 atom stereocenters. The standard InChI is InChI=1S/C16H21NO/c1-2-13-8-10-15(11-9-13)16(17-12-18)14-6-4-3-5-7-14/h8-11,14,16H,2-7H2,1H3. The highest BCUT2D eigenvalue weighted by atomic mass is 16.1. The Hall–Kier alpha value is -1.40. The number of hydrogen-bond acceptors (Lipinski definition) is 2. The number of benzene rings is 1. The third kappa shape index (κ3) is 3.08. The third-order valence-electron chi connectivity index (χ3n) is 4.02. The van der Waals surface area contributed by atoms with Crippen LogP contribution in [0, 0.1) is 5.92 Å². The topological polar surface area (TPSA) is 29.4 Å². The summed E-state index contributed by atoms with van der Waals surface area (Å²) in [5, 5.41) is 0. The van der Waals surface area contributed by atoms with Gasteiger partial charge in [0.2, 0.25) is 6.08 Å². The first-order valence-corrected chi connectivity index (χ1v) is 7.01. The van der Waals surface area contributed by atoms with E-state index in [2.05, 4.69) is 36.2 Å². The number of carbonyl (C=O) groups excluding carboxylic acids is 1. The molecule has 1 aromatic carbocycles. The van der Waals surface area contributed by atoms with Gasteiger partial charge in [0, 0.05) is 0 Å². The van der Waals surface area contributed by atoms with E-state index in [-0.39, 0.29) is 6.04 Å². The molecule has 1 fully saturated rings. The summed E-state index contributed by atoms with van der Waals surface area (Å²) in [7, 11) is 0. The second-order valence-electron chi connectivity index (χ2n) is 5.16. The van der Waals surface area contributed by atoms with Crippen molar-refractivity contribution < 1.29 is 4.79 Å². The van der Waals surface area contributed by atoms with Gasteiger partial charge in [0.25, 0.3) is 0 Å². The van der Waals surface area contributed by atoms with Crippen LogP contribution in [0.2, 0.25) is 0 Å². The van der Waals surface area contributed by atoms with E-state index >= 15 is 0 Å². The molecule has 0 bridgehead atoms. The summed E-state index contributed by atoms with van der Waals surface area (Å²) in [6, 6.07) is 8.56. The van der Waals surface area contributed by atoms with Crippen LogP contribution in [0.4, 0.5) is 0 Å². The Kier molecular flexibility index (Phi) is 4.72. The zero-order chi connectivity index (χ0) is 12.8. The molecule has 1 aliphatic rings. The largest absolute Gasteiger partial charge is 0.235 e. The second-order valence-corrected chi connectivity index (χ2v) is 5.16. The van der Waals surface area contributed by atoms with Crippen molar-refractivity contribution in [2.24, 2.45) is 10.9 Å². The first-order chi connectivity index (χ1) is 8.85. The first kappa shape index (κ1) is 13.0. The number of isocyanates is 1. The maximum absolute atomic E-state index is 10.7. The zero-order valence-electron chi connectivity index (χ0n) is 11.1. The van der Waals surface area contributed by atoms with Gasteiger partial charge in [-0.3, -0.25) is 0 Å². The highest BCUT2D eigenvalue weighted by Crippen LogP contribution is 2.36. The van der Waals surface area contributed by atoms with Gasteiger partial charge in [-0.1, -0.05) is 50.5 Å². The van der Waals surface area contributed by atoms with Gasteiger partial charge < -0.3 is 0 Å². The molecule has 0 spiro atoms. The van der Waals surface area contributed by atoms with Crippen LogP contribution >= 0.6 is 0 Å². The van der Waals surface area contributed by atoms with Crippen molar-refractivity contribution >= 4 is 6.08 Å². The van der Waals surface area contributed by atoms with Gasteiger partial charge >= 0.3 is 0 Å². The Morgan fingerprint density at radius 1 is 1.22 bits per heavy atom. The van der Waals surface area contributed by atoms with Crippen LogP contribution in [0.1, 0.15) is 56.2 Å². The SMILES string of the molecule is CCc1ccc(C(N=C=O)C2CCCCC2)cc1. The van der Waals surface area contributed by atoms with Gasteiger partial charge in [-0.05, 0) is 36.3 Å². The number of rotatable bonds is 4.